The zero-order valence-corrected chi connectivity index (χ0v) is 12.4. The lowest BCUT2D eigenvalue weighted by Crippen LogP contribution is -2.20. The van der Waals surface area contributed by atoms with Crippen LogP contribution in [0.2, 0.25) is 10.0 Å². The molecule has 2 rings (SSSR count). The normalized spacial score (nSPS) is 12.4. The van der Waals surface area contributed by atoms with Crippen LogP contribution in [0.4, 0.5) is 0 Å². The molecule has 0 bridgehead atoms. The van der Waals surface area contributed by atoms with E-state index in [-0.39, 0.29) is 6.04 Å². The lowest BCUT2D eigenvalue weighted by atomic mass is 10.0. The molecule has 0 heterocycles. The largest absolute Gasteiger partial charge is 0.306 e. The summed E-state index contributed by atoms with van der Waals surface area (Å²) in [5.41, 5.74) is 2.37. The van der Waals surface area contributed by atoms with E-state index < -0.39 is 0 Å². The van der Waals surface area contributed by atoms with Crippen molar-refractivity contribution in [2.24, 2.45) is 0 Å². The van der Waals surface area contributed by atoms with E-state index >= 15 is 0 Å². The molecule has 0 spiro atoms. The summed E-state index contributed by atoms with van der Waals surface area (Å²) in [4.78, 5) is 0. The topological polar surface area (TPSA) is 12.0 Å². The molecule has 1 nitrogen and oxygen atoms in total. The number of nitrogens with one attached hydrogen (secondary N) is 1. The van der Waals surface area contributed by atoms with Gasteiger partial charge in [0, 0.05) is 22.6 Å². The number of hydrogen-bond donors (Lipinski definition) is 1. The van der Waals surface area contributed by atoms with Gasteiger partial charge in [0.1, 0.15) is 0 Å². The maximum Gasteiger partial charge on any atom is 0.0468 e. The van der Waals surface area contributed by atoms with Crippen molar-refractivity contribution in [3.05, 3.63) is 69.7 Å². The zero-order chi connectivity index (χ0) is 13.7. The van der Waals surface area contributed by atoms with Gasteiger partial charge in [0.25, 0.3) is 0 Å². The maximum absolute atomic E-state index is 6.26. The van der Waals surface area contributed by atoms with Gasteiger partial charge >= 0.3 is 0 Å². The molecule has 100 valence electrons. The molecule has 1 N–H and O–H groups in total. The first kappa shape index (κ1) is 14.4. The standard InChI is InChI=1S/C16H17Cl2N/c1-2-16(14-9-8-13(17)10-15(14)18)19-11-12-6-4-3-5-7-12/h3-10,16,19H,2,11H2,1H3. The van der Waals surface area contributed by atoms with Crippen molar-refractivity contribution >= 4 is 23.2 Å². The predicted octanol–water partition coefficient (Wildman–Crippen LogP) is 5.23. The molecular formula is C16H17Cl2N. The van der Waals surface area contributed by atoms with Gasteiger partial charge in [-0.2, -0.15) is 0 Å². The number of rotatable bonds is 5. The van der Waals surface area contributed by atoms with Crippen molar-refractivity contribution in [2.75, 3.05) is 0 Å². The first-order valence-corrected chi connectivity index (χ1v) is 7.18. The van der Waals surface area contributed by atoms with Crippen molar-refractivity contribution in [1.29, 1.82) is 0 Å². The van der Waals surface area contributed by atoms with E-state index in [0.29, 0.717) is 5.02 Å². The van der Waals surface area contributed by atoms with Crippen LogP contribution in [0.3, 0.4) is 0 Å². The van der Waals surface area contributed by atoms with Gasteiger partial charge in [0.15, 0.2) is 0 Å². The summed E-state index contributed by atoms with van der Waals surface area (Å²) in [6, 6.07) is 16.3. The van der Waals surface area contributed by atoms with E-state index in [1.54, 1.807) is 6.07 Å². The molecule has 2 aromatic carbocycles. The Labute approximate surface area is 124 Å². The van der Waals surface area contributed by atoms with Crippen LogP contribution in [0, 0.1) is 0 Å². The minimum Gasteiger partial charge on any atom is -0.306 e. The maximum atomic E-state index is 6.26. The molecular weight excluding hydrogens is 277 g/mol. The molecule has 0 saturated heterocycles. The van der Waals surface area contributed by atoms with Crippen LogP contribution in [-0.2, 0) is 6.54 Å². The molecule has 0 aliphatic heterocycles. The summed E-state index contributed by atoms with van der Waals surface area (Å²) in [6.07, 6.45) is 0.980. The van der Waals surface area contributed by atoms with Crippen molar-refractivity contribution in [1.82, 2.24) is 5.32 Å². The third-order valence-corrected chi connectivity index (χ3v) is 3.70. The lowest BCUT2D eigenvalue weighted by molar-refractivity contribution is 0.519. The average Bonchev–Trinajstić information content (AvgIpc) is 2.42. The van der Waals surface area contributed by atoms with Crippen molar-refractivity contribution in [3.8, 4) is 0 Å². The molecule has 1 unspecified atom stereocenters. The summed E-state index contributed by atoms with van der Waals surface area (Å²) in [7, 11) is 0. The van der Waals surface area contributed by atoms with Gasteiger partial charge in [-0.25, -0.2) is 0 Å². The van der Waals surface area contributed by atoms with Crippen LogP contribution in [0.15, 0.2) is 48.5 Å². The van der Waals surface area contributed by atoms with Crippen LogP contribution >= 0.6 is 23.2 Å². The molecule has 0 radical (unpaired) electrons. The molecule has 3 heteroatoms. The fourth-order valence-electron chi connectivity index (χ4n) is 2.10. The van der Waals surface area contributed by atoms with E-state index in [0.717, 1.165) is 23.6 Å². The molecule has 0 fully saturated rings. The number of hydrogen-bond acceptors (Lipinski definition) is 1. The van der Waals surface area contributed by atoms with Crippen LogP contribution in [-0.4, -0.2) is 0 Å². The van der Waals surface area contributed by atoms with Gasteiger partial charge in [-0.1, -0.05) is 66.5 Å². The highest BCUT2D eigenvalue weighted by atomic mass is 35.5. The Morgan fingerprint density at radius 2 is 1.79 bits per heavy atom. The molecule has 0 aliphatic carbocycles. The Balaban J connectivity index is 2.08. The van der Waals surface area contributed by atoms with E-state index in [2.05, 4.69) is 24.4 Å². The first-order chi connectivity index (χ1) is 9.20. The number of halogens is 2. The quantitative estimate of drug-likeness (QED) is 0.795. The molecule has 2 aromatic rings. The highest BCUT2D eigenvalue weighted by Crippen LogP contribution is 2.28. The molecule has 0 saturated carbocycles. The van der Waals surface area contributed by atoms with Crippen molar-refractivity contribution in [2.45, 2.75) is 25.9 Å². The van der Waals surface area contributed by atoms with E-state index in [9.17, 15) is 0 Å². The second-order valence-corrected chi connectivity index (χ2v) is 5.34. The summed E-state index contributed by atoms with van der Waals surface area (Å²) in [5.74, 6) is 0. The summed E-state index contributed by atoms with van der Waals surface area (Å²) >= 11 is 12.2. The monoisotopic (exact) mass is 293 g/mol. The summed E-state index contributed by atoms with van der Waals surface area (Å²) in [6.45, 7) is 2.98. The van der Waals surface area contributed by atoms with Gasteiger partial charge in [0.05, 0.1) is 0 Å². The minimum atomic E-state index is 0.241. The van der Waals surface area contributed by atoms with Gasteiger partial charge in [-0.05, 0) is 29.7 Å². The van der Waals surface area contributed by atoms with E-state index in [1.807, 2.05) is 30.3 Å². The Morgan fingerprint density at radius 3 is 2.42 bits per heavy atom. The molecule has 19 heavy (non-hydrogen) atoms. The summed E-state index contributed by atoms with van der Waals surface area (Å²) in [5, 5.41) is 4.93. The van der Waals surface area contributed by atoms with Gasteiger partial charge < -0.3 is 5.32 Å². The zero-order valence-electron chi connectivity index (χ0n) is 10.9. The minimum absolute atomic E-state index is 0.241. The third kappa shape index (κ3) is 3.97. The summed E-state index contributed by atoms with van der Waals surface area (Å²) < 4.78 is 0. The predicted molar refractivity (Wildman–Crippen MR) is 82.8 cm³/mol. The Morgan fingerprint density at radius 1 is 1.05 bits per heavy atom. The third-order valence-electron chi connectivity index (χ3n) is 3.14. The molecule has 1 atom stereocenters. The smallest absolute Gasteiger partial charge is 0.0468 e. The van der Waals surface area contributed by atoms with Crippen molar-refractivity contribution < 1.29 is 0 Å². The van der Waals surface area contributed by atoms with Gasteiger partial charge in [0.2, 0.25) is 0 Å². The van der Waals surface area contributed by atoms with Crippen LogP contribution in [0.25, 0.3) is 0 Å². The molecule has 0 aliphatic rings. The van der Waals surface area contributed by atoms with Gasteiger partial charge in [-0.15, -0.1) is 0 Å². The van der Waals surface area contributed by atoms with Gasteiger partial charge in [-0.3, -0.25) is 0 Å². The SMILES string of the molecule is CCC(NCc1ccccc1)c1ccc(Cl)cc1Cl. The molecule has 0 aromatic heterocycles. The van der Waals surface area contributed by atoms with E-state index in [4.69, 9.17) is 23.2 Å². The fraction of sp³-hybridized carbons (Fsp3) is 0.250. The highest BCUT2D eigenvalue weighted by molar-refractivity contribution is 6.35. The Hall–Kier alpha value is -1.02. The second kappa shape index (κ2) is 6.95. The Bertz CT molecular complexity index is 526. The van der Waals surface area contributed by atoms with Crippen LogP contribution in [0.1, 0.15) is 30.5 Å². The molecule has 0 amide bonds. The lowest BCUT2D eigenvalue weighted by Gasteiger charge is -2.19. The number of benzene rings is 2. The first-order valence-electron chi connectivity index (χ1n) is 6.43. The van der Waals surface area contributed by atoms with Crippen LogP contribution in [0.5, 0.6) is 0 Å². The highest BCUT2D eigenvalue weighted by Gasteiger charge is 2.12. The van der Waals surface area contributed by atoms with E-state index in [1.165, 1.54) is 5.56 Å². The second-order valence-electron chi connectivity index (χ2n) is 4.49. The average molecular weight is 294 g/mol. The van der Waals surface area contributed by atoms with Crippen LogP contribution < -0.4 is 5.32 Å². The van der Waals surface area contributed by atoms with Crippen molar-refractivity contribution in [3.63, 3.8) is 0 Å². The fourth-order valence-corrected chi connectivity index (χ4v) is 2.64. The Kier molecular flexibility index (Phi) is 5.26.